The van der Waals surface area contributed by atoms with E-state index in [0.717, 1.165) is 18.1 Å². The molecule has 0 saturated carbocycles. The number of esters is 1. The molecule has 0 bridgehead atoms. The Morgan fingerprint density at radius 1 is 1.50 bits per heavy atom. The number of hydrogen-bond donors (Lipinski definition) is 2. The zero-order valence-electron chi connectivity index (χ0n) is 10.6. The number of thioether (sulfide) groups is 1. The predicted octanol–water partition coefficient (Wildman–Crippen LogP) is 0.573. The van der Waals surface area contributed by atoms with E-state index in [1.54, 1.807) is 6.92 Å². The van der Waals surface area contributed by atoms with E-state index < -0.39 is 0 Å². The number of rotatable bonds is 6. The first-order chi connectivity index (χ1) is 8.22. The number of carbonyl (C=O) groups excluding carboxylic acids is 2. The van der Waals surface area contributed by atoms with Crippen molar-refractivity contribution >= 4 is 36.0 Å². The van der Waals surface area contributed by atoms with Crippen LogP contribution < -0.4 is 10.6 Å². The largest absolute Gasteiger partial charge is 0.466 e. The van der Waals surface area contributed by atoms with E-state index in [-0.39, 0.29) is 36.7 Å². The molecule has 1 fully saturated rings. The second-order valence-corrected chi connectivity index (χ2v) is 4.98. The predicted molar refractivity (Wildman–Crippen MR) is 75.2 cm³/mol. The van der Waals surface area contributed by atoms with Crippen molar-refractivity contribution in [3.63, 3.8) is 0 Å². The molecule has 18 heavy (non-hydrogen) atoms. The molecular formula is C11H21ClN2O3S. The summed E-state index contributed by atoms with van der Waals surface area (Å²) in [4.78, 5) is 22.6. The molecule has 1 unspecified atom stereocenters. The van der Waals surface area contributed by atoms with Gasteiger partial charge in [-0.1, -0.05) is 0 Å². The van der Waals surface area contributed by atoms with E-state index in [1.807, 2.05) is 11.8 Å². The Labute approximate surface area is 118 Å². The Morgan fingerprint density at radius 2 is 2.28 bits per heavy atom. The molecule has 0 aromatic heterocycles. The summed E-state index contributed by atoms with van der Waals surface area (Å²) in [6.07, 6.45) is 0.724. The minimum absolute atomic E-state index is 0. The van der Waals surface area contributed by atoms with Gasteiger partial charge in [0.15, 0.2) is 0 Å². The van der Waals surface area contributed by atoms with Crippen LogP contribution >= 0.6 is 24.2 Å². The molecule has 0 aliphatic carbocycles. The minimum atomic E-state index is -0.265. The van der Waals surface area contributed by atoms with Gasteiger partial charge in [-0.25, -0.2) is 0 Å². The summed E-state index contributed by atoms with van der Waals surface area (Å²) in [6, 6.07) is 0.261. The van der Waals surface area contributed by atoms with Gasteiger partial charge < -0.3 is 15.4 Å². The van der Waals surface area contributed by atoms with Crippen molar-refractivity contribution in [1.82, 2.24) is 10.6 Å². The second kappa shape index (κ2) is 10.5. The topological polar surface area (TPSA) is 67.4 Å². The fraction of sp³-hybridized carbons (Fsp3) is 0.818. The zero-order chi connectivity index (χ0) is 12.5. The Bertz CT molecular complexity index is 261. The van der Waals surface area contributed by atoms with Crippen molar-refractivity contribution < 1.29 is 14.3 Å². The zero-order valence-corrected chi connectivity index (χ0v) is 12.2. The molecule has 0 radical (unpaired) electrons. The Morgan fingerprint density at radius 3 is 2.89 bits per heavy atom. The first kappa shape index (κ1) is 17.5. The van der Waals surface area contributed by atoms with Crippen molar-refractivity contribution in [2.24, 2.45) is 0 Å². The van der Waals surface area contributed by atoms with Crippen molar-refractivity contribution in [2.75, 3.05) is 31.2 Å². The average molecular weight is 297 g/mol. The van der Waals surface area contributed by atoms with E-state index >= 15 is 0 Å². The number of halogens is 1. The standard InChI is InChI=1S/C11H20N2O3S.ClH/c1-2-16-11(15)3-4-13-10(14)7-9-8-17-6-5-12-9;/h9,12H,2-8H2,1H3,(H,13,14);1H. The van der Waals surface area contributed by atoms with E-state index in [2.05, 4.69) is 10.6 Å². The van der Waals surface area contributed by atoms with Crippen molar-refractivity contribution in [3.05, 3.63) is 0 Å². The van der Waals surface area contributed by atoms with Crippen molar-refractivity contribution in [1.29, 1.82) is 0 Å². The first-order valence-corrected chi connectivity index (χ1v) is 7.11. The molecule has 5 nitrogen and oxygen atoms in total. The molecule has 1 heterocycles. The van der Waals surface area contributed by atoms with Crippen LogP contribution in [0.1, 0.15) is 19.8 Å². The number of ether oxygens (including phenoxy) is 1. The highest BCUT2D eigenvalue weighted by Gasteiger charge is 2.16. The van der Waals surface area contributed by atoms with Crippen LogP contribution in [0.5, 0.6) is 0 Å². The number of carbonyl (C=O) groups is 2. The van der Waals surface area contributed by atoms with Gasteiger partial charge in [0.2, 0.25) is 5.91 Å². The molecular weight excluding hydrogens is 276 g/mol. The lowest BCUT2D eigenvalue weighted by molar-refractivity contribution is -0.143. The Kier molecular flexibility index (Phi) is 10.2. The molecule has 0 spiro atoms. The summed E-state index contributed by atoms with van der Waals surface area (Å²) in [5.74, 6) is 1.82. The summed E-state index contributed by atoms with van der Waals surface area (Å²) >= 11 is 1.86. The number of hydrogen-bond acceptors (Lipinski definition) is 5. The van der Waals surface area contributed by atoms with Crippen molar-refractivity contribution in [2.45, 2.75) is 25.8 Å². The Hall–Kier alpha value is -0.460. The molecule has 1 atom stereocenters. The van der Waals surface area contributed by atoms with Crippen LogP contribution in [0.15, 0.2) is 0 Å². The first-order valence-electron chi connectivity index (χ1n) is 5.95. The van der Waals surface area contributed by atoms with Crippen LogP contribution in [0.3, 0.4) is 0 Å². The van der Waals surface area contributed by atoms with Gasteiger partial charge in [-0.15, -0.1) is 12.4 Å². The van der Waals surface area contributed by atoms with E-state index in [4.69, 9.17) is 4.74 Å². The lowest BCUT2D eigenvalue weighted by Gasteiger charge is -2.22. The van der Waals surface area contributed by atoms with Gasteiger partial charge in [-0.3, -0.25) is 9.59 Å². The smallest absolute Gasteiger partial charge is 0.307 e. The third kappa shape index (κ3) is 7.79. The van der Waals surface area contributed by atoms with E-state index in [0.29, 0.717) is 19.6 Å². The SMILES string of the molecule is CCOC(=O)CCNC(=O)CC1CSCCN1.Cl. The molecule has 1 saturated heterocycles. The van der Waals surface area contributed by atoms with Crippen molar-refractivity contribution in [3.8, 4) is 0 Å². The van der Waals surface area contributed by atoms with E-state index in [9.17, 15) is 9.59 Å². The molecule has 1 amide bonds. The number of nitrogens with one attached hydrogen (secondary N) is 2. The molecule has 1 rings (SSSR count). The van der Waals surface area contributed by atoms with Gasteiger partial charge in [0.25, 0.3) is 0 Å². The highest BCUT2D eigenvalue weighted by Crippen LogP contribution is 2.09. The minimum Gasteiger partial charge on any atom is -0.466 e. The van der Waals surface area contributed by atoms with Crippen LogP contribution in [0.2, 0.25) is 0 Å². The molecule has 0 aromatic rings. The quantitative estimate of drug-likeness (QED) is 0.702. The van der Waals surface area contributed by atoms with Gasteiger partial charge in [0.05, 0.1) is 13.0 Å². The van der Waals surface area contributed by atoms with Crippen LogP contribution in [-0.4, -0.2) is 49.1 Å². The van der Waals surface area contributed by atoms with E-state index in [1.165, 1.54) is 0 Å². The van der Waals surface area contributed by atoms with Gasteiger partial charge >= 0.3 is 5.97 Å². The normalized spacial score (nSPS) is 18.6. The van der Waals surface area contributed by atoms with Gasteiger partial charge in [0, 0.05) is 37.1 Å². The average Bonchev–Trinajstić information content (AvgIpc) is 2.30. The summed E-state index contributed by atoms with van der Waals surface area (Å²) < 4.78 is 4.77. The lowest BCUT2D eigenvalue weighted by atomic mass is 10.2. The molecule has 1 aliphatic rings. The van der Waals surface area contributed by atoms with Gasteiger partial charge in [-0.2, -0.15) is 11.8 Å². The van der Waals surface area contributed by atoms with Gasteiger partial charge in [-0.05, 0) is 6.92 Å². The fourth-order valence-corrected chi connectivity index (χ4v) is 2.53. The van der Waals surface area contributed by atoms with Crippen LogP contribution in [0.4, 0.5) is 0 Å². The third-order valence-corrected chi connectivity index (χ3v) is 3.52. The fourth-order valence-electron chi connectivity index (χ4n) is 1.58. The highest BCUT2D eigenvalue weighted by atomic mass is 35.5. The maximum absolute atomic E-state index is 11.5. The Balaban J connectivity index is 0.00000289. The molecule has 1 aliphatic heterocycles. The molecule has 106 valence electrons. The highest BCUT2D eigenvalue weighted by molar-refractivity contribution is 7.99. The summed E-state index contributed by atoms with van der Waals surface area (Å²) in [7, 11) is 0. The van der Waals surface area contributed by atoms with Crippen LogP contribution in [0, 0.1) is 0 Å². The monoisotopic (exact) mass is 296 g/mol. The molecule has 0 aromatic carbocycles. The number of amides is 1. The van der Waals surface area contributed by atoms with Gasteiger partial charge in [0.1, 0.15) is 0 Å². The maximum Gasteiger partial charge on any atom is 0.307 e. The maximum atomic E-state index is 11.5. The summed E-state index contributed by atoms with van der Waals surface area (Å²) in [6.45, 7) is 3.47. The van der Waals surface area contributed by atoms with Crippen LogP contribution in [-0.2, 0) is 14.3 Å². The summed E-state index contributed by atoms with van der Waals surface area (Å²) in [5, 5.41) is 6.03. The summed E-state index contributed by atoms with van der Waals surface area (Å²) in [5.41, 5.74) is 0. The lowest BCUT2D eigenvalue weighted by Crippen LogP contribution is -2.41. The molecule has 2 N–H and O–H groups in total. The van der Waals surface area contributed by atoms with Crippen LogP contribution in [0.25, 0.3) is 0 Å². The molecule has 7 heteroatoms. The second-order valence-electron chi connectivity index (χ2n) is 3.84. The third-order valence-electron chi connectivity index (χ3n) is 2.39.